The largest absolute Gasteiger partial charge is 0.384 e. The van der Waals surface area contributed by atoms with Crippen molar-refractivity contribution in [1.82, 2.24) is 15.1 Å². The number of nitrogens with zero attached hydrogens (tertiary/aromatic N) is 3. The third-order valence-corrected chi connectivity index (χ3v) is 5.46. The number of nitrogens with one attached hydrogen (secondary N) is 1. The van der Waals surface area contributed by atoms with Crippen LogP contribution in [-0.2, 0) is 9.53 Å². The molecule has 0 radical (unpaired) electrons. The molecule has 2 aliphatic heterocycles. The van der Waals surface area contributed by atoms with Crippen LogP contribution in [0.5, 0.6) is 0 Å². The van der Waals surface area contributed by atoms with Crippen LogP contribution in [0.1, 0.15) is 39.0 Å². The molecule has 2 saturated heterocycles. The lowest BCUT2D eigenvalue weighted by molar-refractivity contribution is -0.123. The Morgan fingerprint density at radius 3 is 2.59 bits per heavy atom. The highest BCUT2D eigenvalue weighted by molar-refractivity contribution is 14.0. The van der Waals surface area contributed by atoms with E-state index >= 15 is 0 Å². The van der Waals surface area contributed by atoms with Crippen molar-refractivity contribution in [3.05, 3.63) is 0 Å². The van der Waals surface area contributed by atoms with Crippen LogP contribution in [0.3, 0.4) is 0 Å². The van der Waals surface area contributed by atoms with E-state index in [4.69, 9.17) is 15.5 Å². The summed E-state index contributed by atoms with van der Waals surface area (Å²) in [6, 6.07) is 0. The van der Waals surface area contributed by atoms with Crippen molar-refractivity contribution in [2.24, 2.45) is 22.6 Å². The maximum atomic E-state index is 11.2. The lowest BCUT2D eigenvalue weighted by Crippen LogP contribution is -2.40. The van der Waals surface area contributed by atoms with Gasteiger partial charge in [-0.15, -0.1) is 24.0 Å². The first kappa shape index (κ1) is 24.4. The normalized spacial score (nSPS) is 21.9. The van der Waals surface area contributed by atoms with E-state index < -0.39 is 0 Å². The summed E-state index contributed by atoms with van der Waals surface area (Å²) < 4.78 is 5.29. The summed E-state index contributed by atoms with van der Waals surface area (Å²) in [5.41, 5.74) is 5.39. The molecule has 0 bridgehead atoms. The molecule has 0 saturated carbocycles. The minimum atomic E-state index is -0.135. The molecule has 0 aromatic rings. The standard InChI is InChI=1S/C19H37N5O2.HI/c1-3-21-19(24-13-6-16(14-24)15-26-2)22-9-4-5-10-23-11-7-17(8-12-23)18(20)25;/h16-17H,3-15H2,1-2H3,(H2,20,25)(H,21,22);1H. The Labute approximate surface area is 181 Å². The van der Waals surface area contributed by atoms with Gasteiger partial charge < -0.3 is 25.6 Å². The Hall–Kier alpha value is -0.610. The Morgan fingerprint density at radius 1 is 1.22 bits per heavy atom. The highest BCUT2D eigenvalue weighted by atomic mass is 127. The van der Waals surface area contributed by atoms with Crippen LogP contribution < -0.4 is 11.1 Å². The number of primary amides is 1. The predicted molar refractivity (Wildman–Crippen MR) is 121 cm³/mol. The number of hydrogen-bond acceptors (Lipinski definition) is 4. The van der Waals surface area contributed by atoms with Gasteiger partial charge in [-0.25, -0.2) is 0 Å². The lowest BCUT2D eigenvalue weighted by Gasteiger charge is -2.30. The minimum Gasteiger partial charge on any atom is -0.384 e. The van der Waals surface area contributed by atoms with Crippen molar-refractivity contribution in [3.8, 4) is 0 Å². The molecule has 0 aromatic heterocycles. The first-order chi connectivity index (χ1) is 12.6. The van der Waals surface area contributed by atoms with E-state index in [1.807, 2.05) is 0 Å². The van der Waals surface area contributed by atoms with Crippen molar-refractivity contribution in [3.63, 3.8) is 0 Å². The highest BCUT2D eigenvalue weighted by Gasteiger charge is 2.25. The van der Waals surface area contributed by atoms with Gasteiger partial charge in [0.2, 0.25) is 5.91 Å². The van der Waals surface area contributed by atoms with E-state index in [9.17, 15) is 4.79 Å². The molecule has 7 nitrogen and oxygen atoms in total. The second-order valence-electron chi connectivity index (χ2n) is 7.52. The zero-order valence-electron chi connectivity index (χ0n) is 17.0. The van der Waals surface area contributed by atoms with Crippen LogP contribution >= 0.6 is 24.0 Å². The topological polar surface area (TPSA) is 83.2 Å². The summed E-state index contributed by atoms with van der Waals surface area (Å²) in [5, 5.41) is 3.42. The van der Waals surface area contributed by atoms with E-state index in [2.05, 4.69) is 22.0 Å². The Balaban J connectivity index is 0.00000364. The van der Waals surface area contributed by atoms with Crippen LogP contribution in [0.15, 0.2) is 4.99 Å². The Bertz CT molecular complexity index is 455. The number of likely N-dealkylation sites (tertiary alicyclic amines) is 2. The van der Waals surface area contributed by atoms with Crippen molar-refractivity contribution in [2.75, 3.05) is 59.5 Å². The molecule has 27 heavy (non-hydrogen) atoms. The molecule has 2 heterocycles. The van der Waals surface area contributed by atoms with E-state index in [1.54, 1.807) is 7.11 Å². The average molecular weight is 495 g/mol. The SMILES string of the molecule is CCNC(=NCCCCN1CCC(C(N)=O)CC1)N1CCC(COC)C1.I. The van der Waals surface area contributed by atoms with E-state index in [0.717, 1.165) is 84.1 Å². The minimum absolute atomic E-state index is 0. The summed E-state index contributed by atoms with van der Waals surface area (Å²) in [6.45, 7) is 9.91. The first-order valence-corrected chi connectivity index (χ1v) is 10.2. The van der Waals surface area contributed by atoms with Crippen LogP contribution in [-0.4, -0.2) is 81.2 Å². The monoisotopic (exact) mass is 495 g/mol. The van der Waals surface area contributed by atoms with Crippen LogP contribution in [0.4, 0.5) is 0 Å². The van der Waals surface area contributed by atoms with Crippen molar-refractivity contribution in [2.45, 2.75) is 39.0 Å². The number of carbonyl (C=O) groups is 1. The van der Waals surface area contributed by atoms with Gasteiger partial charge in [-0.1, -0.05) is 0 Å². The van der Waals surface area contributed by atoms with Crippen molar-refractivity contribution < 1.29 is 9.53 Å². The van der Waals surface area contributed by atoms with Gasteiger partial charge >= 0.3 is 0 Å². The number of methoxy groups -OCH3 is 1. The number of nitrogens with two attached hydrogens (primary N) is 1. The molecule has 0 aliphatic carbocycles. The third-order valence-electron chi connectivity index (χ3n) is 5.46. The molecule has 3 N–H and O–H groups in total. The average Bonchev–Trinajstić information content (AvgIpc) is 3.10. The number of halogens is 1. The van der Waals surface area contributed by atoms with Gasteiger partial charge in [0.1, 0.15) is 0 Å². The molecule has 2 rings (SSSR count). The molecule has 1 amide bonds. The zero-order valence-corrected chi connectivity index (χ0v) is 19.3. The smallest absolute Gasteiger partial charge is 0.220 e. The molecule has 1 atom stereocenters. The van der Waals surface area contributed by atoms with E-state index in [0.29, 0.717) is 5.92 Å². The van der Waals surface area contributed by atoms with Crippen LogP contribution in [0.2, 0.25) is 0 Å². The number of rotatable bonds is 9. The first-order valence-electron chi connectivity index (χ1n) is 10.2. The van der Waals surface area contributed by atoms with Crippen LogP contribution in [0.25, 0.3) is 0 Å². The van der Waals surface area contributed by atoms with Crippen molar-refractivity contribution in [1.29, 1.82) is 0 Å². The second kappa shape index (κ2) is 13.5. The van der Waals surface area contributed by atoms with Crippen LogP contribution in [0, 0.1) is 11.8 Å². The van der Waals surface area contributed by atoms with Gasteiger partial charge in [0.15, 0.2) is 5.96 Å². The van der Waals surface area contributed by atoms with Gasteiger partial charge in [-0.3, -0.25) is 9.79 Å². The molecule has 2 fully saturated rings. The fraction of sp³-hybridized carbons (Fsp3) is 0.895. The molecular formula is C19H38IN5O2. The number of guanidine groups is 1. The van der Waals surface area contributed by atoms with Gasteiger partial charge in [0.05, 0.1) is 6.61 Å². The fourth-order valence-electron chi connectivity index (χ4n) is 3.90. The molecule has 2 aliphatic rings. The maximum Gasteiger partial charge on any atom is 0.220 e. The number of piperidine rings is 1. The zero-order chi connectivity index (χ0) is 18.8. The summed E-state index contributed by atoms with van der Waals surface area (Å²) in [6.07, 6.45) is 5.25. The van der Waals surface area contributed by atoms with E-state index in [-0.39, 0.29) is 35.8 Å². The number of ether oxygens (including phenoxy) is 1. The third kappa shape index (κ3) is 8.51. The van der Waals surface area contributed by atoms with Gasteiger partial charge in [0.25, 0.3) is 0 Å². The molecular weight excluding hydrogens is 457 g/mol. The summed E-state index contributed by atoms with van der Waals surface area (Å²) in [5.74, 6) is 1.62. The summed E-state index contributed by atoms with van der Waals surface area (Å²) in [4.78, 5) is 20.8. The lowest BCUT2D eigenvalue weighted by atomic mass is 9.96. The van der Waals surface area contributed by atoms with Gasteiger partial charge in [-0.05, 0) is 58.7 Å². The number of carbonyl (C=O) groups excluding carboxylic acids is 1. The number of amides is 1. The maximum absolute atomic E-state index is 11.2. The number of aliphatic imine (C=N–C) groups is 1. The fourth-order valence-corrected chi connectivity index (χ4v) is 3.90. The van der Waals surface area contributed by atoms with E-state index in [1.165, 1.54) is 6.42 Å². The molecule has 1 unspecified atom stereocenters. The Kier molecular flexibility index (Phi) is 12.3. The Morgan fingerprint density at radius 2 is 1.96 bits per heavy atom. The highest BCUT2D eigenvalue weighted by Crippen LogP contribution is 2.17. The van der Waals surface area contributed by atoms with Gasteiger partial charge in [0, 0.05) is 45.1 Å². The summed E-state index contributed by atoms with van der Waals surface area (Å²) in [7, 11) is 1.78. The quantitative estimate of drug-likeness (QED) is 0.219. The molecule has 0 spiro atoms. The molecule has 8 heteroatoms. The predicted octanol–water partition coefficient (Wildman–Crippen LogP) is 1.52. The second-order valence-corrected chi connectivity index (χ2v) is 7.52. The summed E-state index contributed by atoms with van der Waals surface area (Å²) >= 11 is 0. The number of hydrogen-bond donors (Lipinski definition) is 2. The molecule has 0 aromatic carbocycles. The molecule has 158 valence electrons. The van der Waals surface area contributed by atoms with Gasteiger partial charge in [-0.2, -0.15) is 0 Å². The number of unbranched alkanes of at least 4 members (excludes halogenated alkanes) is 1. The van der Waals surface area contributed by atoms with Crippen molar-refractivity contribution >= 4 is 35.8 Å².